The number of benzene rings is 1. The predicted octanol–water partition coefficient (Wildman–Crippen LogP) is 2.99. The van der Waals surface area contributed by atoms with Crippen LogP contribution in [0, 0.1) is 6.92 Å². The Morgan fingerprint density at radius 3 is 2.64 bits per heavy atom. The van der Waals surface area contributed by atoms with Gasteiger partial charge in [0.1, 0.15) is 11.3 Å². The topological polar surface area (TPSA) is 92.5 Å². The summed E-state index contributed by atoms with van der Waals surface area (Å²) in [4.78, 5) is 36.9. The van der Waals surface area contributed by atoms with E-state index in [2.05, 4.69) is 10.5 Å². The molecule has 1 aliphatic heterocycles. The van der Waals surface area contributed by atoms with Gasteiger partial charge in [0.15, 0.2) is 0 Å². The SMILES string of the molecule is CCc1onc(C)c1C(=O)Nc1ccc(CN2C(=O)CSC2=O)cc1. The maximum Gasteiger partial charge on any atom is 0.289 e. The molecule has 1 saturated heterocycles. The van der Waals surface area contributed by atoms with Crippen molar-refractivity contribution in [1.29, 1.82) is 0 Å². The highest BCUT2D eigenvalue weighted by Crippen LogP contribution is 2.22. The van der Waals surface area contributed by atoms with Gasteiger partial charge in [-0.05, 0) is 24.6 Å². The Bertz CT molecular complexity index is 813. The summed E-state index contributed by atoms with van der Waals surface area (Å²) in [5, 5.41) is 6.41. The van der Waals surface area contributed by atoms with E-state index in [1.165, 1.54) is 4.90 Å². The number of rotatable bonds is 5. The first kappa shape index (κ1) is 17.2. The third-order valence-electron chi connectivity index (χ3n) is 3.87. The second-order valence-electron chi connectivity index (χ2n) is 5.61. The molecule has 1 aromatic carbocycles. The van der Waals surface area contributed by atoms with E-state index in [-0.39, 0.29) is 29.4 Å². The number of aromatic nitrogens is 1. The minimum atomic E-state index is -0.273. The highest BCUT2D eigenvalue weighted by atomic mass is 32.2. The summed E-state index contributed by atoms with van der Waals surface area (Å²) in [5.74, 6) is 0.299. The molecular formula is C17H17N3O4S. The summed E-state index contributed by atoms with van der Waals surface area (Å²) >= 11 is 1.01. The first-order valence-corrected chi connectivity index (χ1v) is 8.80. The number of anilines is 1. The lowest BCUT2D eigenvalue weighted by molar-refractivity contribution is -0.125. The summed E-state index contributed by atoms with van der Waals surface area (Å²) in [6.07, 6.45) is 0.582. The van der Waals surface area contributed by atoms with Crippen molar-refractivity contribution in [3.63, 3.8) is 0 Å². The molecule has 3 rings (SSSR count). The number of amides is 3. The van der Waals surface area contributed by atoms with Crippen molar-refractivity contribution >= 4 is 34.5 Å². The Balaban J connectivity index is 1.68. The minimum Gasteiger partial charge on any atom is -0.360 e. The molecule has 1 aliphatic rings. The molecule has 1 fully saturated rings. The van der Waals surface area contributed by atoms with Crippen molar-refractivity contribution in [3.05, 3.63) is 46.8 Å². The summed E-state index contributed by atoms with van der Waals surface area (Å²) < 4.78 is 5.13. The Labute approximate surface area is 148 Å². The molecule has 25 heavy (non-hydrogen) atoms. The fourth-order valence-corrected chi connectivity index (χ4v) is 3.28. The van der Waals surface area contributed by atoms with Gasteiger partial charge in [0.2, 0.25) is 5.91 Å². The molecule has 0 saturated carbocycles. The van der Waals surface area contributed by atoms with Gasteiger partial charge in [-0.2, -0.15) is 0 Å². The zero-order valence-corrected chi connectivity index (χ0v) is 14.7. The maximum atomic E-state index is 12.4. The molecule has 8 heteroatoms. The average Bonchev–Trinajstić information content (AvgIpc) is 3.13. The van der Waals surface area contributed by atoms with Crippen LogP contribution in [-0.2, 0) is 17.8 Å². The van der Waals surface area contributed by atoms with Crippen LogP contribution in [-0.4, -0.2) is 32.9 Å². The molecule has 2 aromatic rings. The second kappa shape index (κ2) is 7.10. The maximum absolute atomic E-state index is 12.4. The van der Waals surface area contributed by atoms with Gasteiger partial charge in [-0.15, -0.1) is 0 Å². The number of nitrogens with zero attached hydrogens (tertiary/aromatic N) is 2. The zero-order valence-electron chi connectivity index (χ0n) is 13.9. The second-order valence-corrected chi connectivity index (χ2v) is 6.53. The molecule has 0 spiro atoms. The smallest absolute Gasteiger partial charge is 0.289 e. The molecule has 2 heterocycles. The van der Waals surface area contributed by atoms with Crippen LogP contribution in [0.1, 0.15) is 34.3 Å². The summed E-state index contributed by atoms with van der Waals surface area (Å²) in [6.45, 7) is 3.86. The standard InChI is InChI=1S/C17H17N3O4S/c1-3-13-15(10(2)19-24-13)16(22)18-12-6-4-11(5-7-12)8-20-14(21)9-25-17(20)23/h4-7H,3,8-9H2,1-2H3,(H,18,22). The Kier molecular flexibility index (Phi) is 4.89. The highest BCUT2D eigenvalue weighted by molar-refractivity contribution is 8.14. The number of hydrogen-bond acceptors (Lipinski definition) is 6. The number of hydrogen-bond donors (Lipinski definition) is 1. The number of imide groups is 1. The van der Waals surface area contributed by atoms with E-state index in [1.807, 2.05) is 6.92 Å². The third-order valence-corrected chi connectivity index (χ3v) is 4.73. The van der Waals surface area contributed by atoms with E-state index in [1.54, 1.807) is 31.2 Å². The monoisotopic (exact) mass is 359 g/mol. The van der Waals surface area contributed by atoms with Gasteiger partial charge in [0.05, 0.1) is 18.0 Å². The van der Waals surface area contributed by atoms with E-state index in [0.29, 0.717) is 29.1 Å². The fourth-order valence-electron chi connectivity index (χ4n) is 2.55. The molecule has 0 atom stereocenters. The van der Waals surface area contributed by atoms with Gasteiger partial charge in [0, 0.05) is 12.1 Å². The van der Waals surface area contributed by atoms with E-state index in [9.17, 15) is 14.4 Å². The van der Waals surface area contributed by atoms with Gasteiger partial charge in [-0.3, -0.25) is 19.3 Å². The zero-order chi connectivity index (χ0) is 18.0. The molecule has 0 radical (unpaired) electrons. The van der Waals surface area contributed by atoms with Crippen LogP contribution in [0.4, 0.5) is 10.5 Å². The van der Waals surface area contributed by atoms with Crippen LogP contribution in [0.3, 0.4) is 0 Å². The molecule has 1 aromatic heterocycles. The van der Waals surface area contributed by atoms with Gasteiger partial charge in [-0.25, -0.2) is 0 Å². The normalized spacial score (nSPS) is 14.2. The summed E-state index contributed by atoms with van der Waals surface area (Å²) in [5.41, 5.74) is 2.44. The van der Waals surface area contributed by atoms with Crippen LogP contribution in [0.25, 0.3) is 0 Å². The van der Waals surface area contributed by atoms with E-state index >= 15 is 0 Å². The van der Waals surface area contributed by atoms with Crippen LogP contribution in [0.2, 0.25) is 0 Å². The molecule has 0 unspecified atom stereocenters. The Hall–Kier alpha value is -2.61. The molecule has 7 nitrogen and oxygen atoms in total. The Morgan fingerprint density at radius 2 is 2.04 bits per heavy atom. The average molecular weight is 359 g/mol. The molecule has 0 bridgehead atoms. The number of aryl methyl sites for hydroxylation is 2. The van der Waals surface area contributed by atoms with Crippen LogP contribution in [0.5, 0.6) is 0 Å². The third kappa shape index (κ3) is 3.58. The Morgan fingerprint density at radius 1 is 1.32 bits per heavy atom. The van der Waals surface area contributed by atoms with E-state index in [0.717, 1.165) is 17.3 Å². The largest absolute Gasteiger partial charge is 0.360 e. The summed E-state index contributed by atoms with van der Waals surface area (Å²) in [6, 6.07) is 7.03. The van der Waals surface area contributed by atoms with Gasteiger partial charge < -0.3 is 9.84 Å². The summed E-state index contributed by atoms with van der Waals surface area (Å²) in [7, 11) is 0. The number of carbonyl (C=O) groups is 3. The van der Waals surface area contributed by atoms with E-state index < -0.39 is 0 Å². The highest BCUT2D eigenvalue weighted by Gasteiger charge is 2.29. The van der Waals surface area contributed by atoms with Crippen molar-refractivity contribution in [2.24, 2.45) is 0 Å². The van der Waals surface area contributed by atoms with Gasteiger partial charge in [-0.1, -0.05) is 36.0 Å². The fraction of sp³-hybridized carbons (Fsp3) is 0.294. The first-order valence-electron chi connectivity index (χ1n) is 7.82. The van der Waals surface area contributed by atoms with Gasteiger partial charge >= 0.3 is 0 Å². The molecule has 0 aliphatic carbocycles. The lowest BCUT2D eigenvalue weighted by atomic mass is 10.1. The first-order chi connectivity index (χ1) is 12.0. The van der Waals surface area contributed by atoms with Crippen molar-refractivity contribution in [2.75, 3.05) is 11.1 Å². The van der Waals surface area contributed by atoms with Crippen molar-refractivity contribution in [2.45, 2.75) is 26.8 Å². The van der Waals surface area contributed by atoms with Crippen LogP contribution < -0.4 is 5.32 Å². The quantitative estimate of drug-likeness (QED) is 0.882. The predicted molar refractivity (Wildman–Crippen MR) is 93.4 cm³/mol. The van der Waals surface area contributed by atoms with Crippen molar-refractivity contribution < 1.29 is 18.9 Å². The number of carbonyl (C=O) groups excluding carboxylic acids is 3. The van der Waals surface area contributed by atoms with Gasteiger partial charge in [0.25, 0.3) is 11.1 Å². The van der Waals surface area contributed by atoms with Crippen molar-refractivity contribution in [3.8, 4) is 0 Å². The minimum absolute atomic E-state index is 0.178. The lowest BCUT2D eigenvalue weighted by Crippen LogP contribution is -2.27. The number of nitrogens with one attached hydrogen (secondary N) is 1. The molecular weight excluding hydrogens is 342 g/mol. The molecule has 130 valence electrons. The molecule has 3 amide bonds. The molecule has 1 N–H and O–H groups in total. The van der Waals surface area contributed by atoms with Crippen LogP contribution in [0.15, 0.2) is 28.8 Å². The lowest BCUT2D eigenvalue weighted by Gasteiger charge is -2.13. The van der Waals surface area contributed by atoms with Crippen molar-refractivity contribution in [1.82, 2.24) is 10.1 Å². The van der Waals surface area contributed by atoms with Crippen LogP contribution >= 0.6 is 11.8 Å². The number of thioether (sulfide) groups is 1. The van der Waals surface area contributed by atoms with E-state index in [4.69, 9.17) is 4.52 Å².